The maximum Gasteiger partial charge on any atom is 0.307 e. The van der Waals surface area contributed by atoms with E-state index >= 15 is 0 Å². The number of amides is 1. The first kappa shape index (κ1) is 15.0. The van der Waals surface area contributed by atoms with Gasteiger partial charge >= 0.3 is 5.97 Å². The molecular formula is C13H23NO4. The maximum absolute atomic E-state index is 12.1. The predicted octanol–water partition coefficient (Wildman–Crippen LogP) is 1.01. The number of aliphatic carboxylic acids is 1. The van der Waals surface area contributed by atoms with Crippen molar-refractivity contribution in [3.63, 3.8) is 0 Å². The molecule has 1 aliphatic rings. The number of nitrogens with one attached hydrogen (secondary N) is 1. The Bertz CT molecular complexity index is 338. The highest BCUT2D eigenvalue weighted by atomic mass is 16.4. The van der Waals surface area contributed by atoms with Crippen LogP contribution in [-0.4, -0.2) is 33.7 Å². The molecule has 5 nitrogen and oxygen atoms in total. The summed E-state index contributed by atoms with van der Waals surface area (Å²) in [5.41, 5.74) is -0.744. The molecule has 5 heteroatoms. The minimum absolute atomic E-state index is 0.247. The van der Waals surface area contributed by atoms with Gasteiger partial charge < -0.3 is 15.5 Å². The molecule has 4 atom stereocenters. The number of carboxylic acid groups (broad SMARTS) is 1. The Kier molecular flexibility index (Phi) is 4.37. The van der Waals surface area contributed by atoms with Crippen LogP contribution in [0.3, 0.4) is 0 Å². The van der Waals surface area contributed by atoms with Gasteiger partial charge in [-0.15, -0.1) is 0 Å². The first-order valence-electron chi connectivity index (χ1n) is 6.38. The number of hydrogen-bond acceptors (Lipinski definition) is 3. The van der Waals surface area contributed by atoms with Gasteiger partial charge in [0.1, 0.15) is 0 Å². The molecule has 0 bridgehead atoms. The van der Waals surface area contributed by atoms with Crippen molar-refractivity contribution < 1.29 is 19.8 Å². The van der Waals surface area contributed by atoms with Crippen LogP contribution in [-0.2, 0) is 9.59 Å². The molecule has 0 heterocycles. The summed E-state index contributed by atoms with van der Waals surface area (Å²) in [5.74, 6) is -2.02. The van der Waals surface area contributed by atoms with E-state index in [4.69, 9.17) is 5.11 Å². The average Bonchev–Trinajstić information content (AvgIpc) is 2.59. The van der Waals surface area contributed by atoms with Gasteiger partial charge in [-0.3, -0.25) is 9.59 Å². The molecule has 0 radical (unpaired) electrons. The number of aliphatic hydroxyl groups excluding tert-OH is 1. The highest BCUT2D eigenvalue weighted by molar-refractivity contribution is 5.85. The van der Waals surface area contributed by atoms with Gasteiger partial charge in [0.2, 0.25) is 5.91 Å². The molecule has 0 saturated heterocycles. The quantitative estimate of drug-likeness (QED) is 0.701. The van der Waals surface area contributed by atoms with E-state index in [9.17, 15) is 14.7 Å². The zero-order chi connectivity index (χ0) is 14.1. The normalized spacial score (nSPS) is 29.9. The highest BCUT2D eigenvalue weighted by Crippen LogP contribution is 2.36. The van der Waals surface area contributed by atoms with Crippen LogP contribution in [0.2, 0.25) is 0 Å². The van der Waals surface area contributed by atoms with Gasteiger partial charge in [-0.2, -0.15) is 0 Å². The lowest BCUT2D eigenvalue weighted by Gasteiger charge is -2.31. The number of hydrogen-bond donors (Lipinski definition) is 3. The second kappa shape index (κ2) is 5.26. The van der Waals surface area contributed by atoms with Gasteiger partial charge in [0.25, 0.3) is 0 Å². The molecule has 0 aromatic heterocycles. The Hall–Kier alpha value is -1.10. The van der Waals surface area contributed by atoms with E-state index in [1.54, 1.807) is 20.8 Å². The number of aliphatic hydroxyl groups is 1. The van der Waals surface area contributed by atoms with Crippen LogP contribution >= 0.6 is 0 Å². The third kappa shape index (κ3) is 3.22. The third-order valence-corrected chi connectivity index (χ3v) is 3.94. The van der Waals surface area contributed by atoms with Gasteiger partial charge in [-0.25, -0.2) is 0 Å². The minimum atomic E-state index is -0.908. The summed E-state index contributed by atoms with van der Waals surface area (Å²) in [4.78, 5) is 23.3. The molecule has 0 aliphatic heterocycles. The molecule has 1 rings (SSSR count). The SMILES string of the molecule is CC1CC(C(=O)O)C(C(=O)NC(C)(C)C(C)O)C1. The Morgan fingerprint density at radius 1 is 1.28 bits per heavy atom. The molecule has 18 heavy (non-hydrogen) atoms. The van der Waals surface area contributed by atoms with Crippen molar-refractivity contribution in [2.24, 2.45) is 17.8 Å². The molecule has 1 aliphatic carbocycles. The fraction of sp³-hybridized carbons (Fsp3) is 0.846. The van der Waals surface area contributed by atoms with Gasteiger partial charge in [-0.05, 0) is 39.5 Å². The number of carboxylic acids is 1. The second-order valence-corrected chi connectivity index (χ2v) is 6.01. The first-order valence-corrected chi connectivity index (χ1v) is 6.38. The molecule has 1 amide bonds. The molecule has 0 aromatic rings. The summed E-state index contributed by atoms with van der Waals surface area (Å²) in [6.07, 6.45) is 0.449. The molecule has 104 valence electrons. The Balaban J connectivity index is 2.75. The van der Waals surface area contributed by atoms with Crippen LogP contribution in [0.15, 0.2) is 0 Å². The molecule has 0 aromatic carbocycles. The van der Waals surface area contributed by atoms with Crippen LogP contribution in [0.5, 0.6) is 0 Å². The van der Waals surface area contributed by atoms with Crippen LogP contribution < -0.4 is 5.32 Å². The lowest BCUT2D eigenvalue weighted by atomic mass is 9.92. The standard InChI is InChI=1S/C13H23NO4/c1-7-5-9(10(6-7)12(17)18)11(16)14-13(3,4)8(2)15/h7-10,15H,5-6H2,1-4H3,(H,14,16)(H,17,18). The fourth-order valence-electron chi connectivity index (χ4n) is 2.37. The van der Waals surface area contributed by atoms with Crippen LogP contribution in [0.25, 0.3) is 0 Å². The summed E-state index contributed by atoms with van der Waals surface area (Å²) in [6, 6.07) is 0. The first-order chi connectivity index (χ1) is 8.15. The zero-order valence-corrected chi connectivity index (χ0v) is 11.4. The molecule has 3 N–H and O–H groups in total. The lowest BCUT2D eigenvalue weighted by Crippen LogP contribution is -2.53. The molecular weight excluding hydrogens is 234 g/mol. The Labute approximate surface area is 108 Å². The van der Waals surface area contributed by atoms with E-state index < -0.39 is 29.4 Å². The molecule has 1 fully saturated rings. The largest absolute Gasteiger partial charge is 0.481 e. The van der Waals surface area contributed by atoms with Gasteiger partial charge in [-0.1, -0.05) is 6.92 Å². The van der Waals surface area contributed by atoms with Crippen LogP contribution in [0.4, 0.5) is 0 Å². The highest BCUT2D eigenvalue weighted by Gasteiger charge is 2.42. The second-order valence-electron chi connectivity index (χ2n) is 6.01. The third-order valence-electron chi connectivity index (χ3n) is 3.94. The monoisotopic (exact) mass is 257 g/mol. The van der Waals surface area contributed by atoms with E-state index in [1.165, 1.54) is 0 Å². The zero-order valence-electron chi connectivity index (χ0n) is 11.4. The van der Waals surface area contributed by atoms with Crippen molar-refractivity contribution in [3.8, 4) is 0 Å². The van der Waals surface area contributed by atoms with Crippen molar-refractivity contribution in [2.45, 2.75) is 52.2 Å². The smallest absolute Gasteiger partial charge is 0.307 e. The van der Waals surface area contributed by atoms with E-state index in [1.807, 2.05) is 6.92 Å². The molecule has 4 unspecified atom stereocenters. The summed E-state index contributed by atoms with van der Waals surface area (Å²) in [5, 5.41) is 21.4. The summed E-state index contributed by atoms with van der Waals surface area (Å²) in [7, 11) is 0. The number of carbonyl (C=O) groups is 2. The van der Waals surface area contributed by atoms with Gasteiger partial charge in [0, 0.05) is 0 Å². The number of rotatable bonds is 4. The number of carbonyl (C=O) groups excluding carboxylic acids is 1. The maximum atomic E-state index is 12.1. The average molecular weight is 257 g/mol. The lowest BCUT2D eigenvalue weighted by molar-refractivity contribution is -0.146. The van der Waals surface area contributed by atoms with Gasteiger partial charge in [0.15, 0.2) is 0 Å². The van der Waals surface area contributed by atoms with Crippen LogP contribution in [0.1, 0.15) is 40.5 Å². The Morgan fingerprint density at radius 2 is 1.78 bits per heavy atom. The van der Waals surface area contributed by atoms with E-state index in [0.717, 1.165) is 0 Å². The van der Waals surface area contributed by atoms with Crippen molar-refractivity contribution >= 4 is 11.9 Å². The van der Waals surface area contributed by atoms with Crippen molar-refractivity contribution in [1.82, 2.24) is 5.32 Å². The molecule has 1 saturated carbocycles. The van der Waals surface area contributed by atoms with E-state index in [2.05, 4.69) is 5.32 Å². The Morgan fingerprint density at radius 3 is 2.22 bits per heavy atom. The van der Waals surface area contributed by atoms with Gasteiger partial charge in [0.05, 0.1) is 23.5 Å². The van der Waals surface area contributed by atoms with Crippen molar-refractivity contribution in [3.05, 3.63) is 0 Å². The van der Waals surface area contributed by atoms with Crippen molar-refractivity contribution in [2.75, 3.05) is 0 Å². The summed E-state index contributed by atoms with van der Waals surface area (Å²) in [6.45, 7) is 7.02. The van der Waals surface area contributed by atoms with E-state index in [-0.39, 0.29) is 11.8 Å². The summed E-state index contributed by atoms with van der Waals surface area (Å²) < 4.78 is 0. The predicted molar refractivity (Wildman–Crippen MR) is 66.9 cm³/mol. The summed E-state index contributed by atoms with van der Waals surface area (Å²) >= 11 is 0. The van der Waals surface area contributed by atoms with Crippen LogP contribution in [0, 0.1) is 17.8 Å². The van der Waals surface area contributed by atoms with Crippen molar-refractivity contribution in [1.29, 1.82) is 0 Å². The fourth-order valence-corrected chi connectivity index (χ4v) is 2.37. The van der Waals surface area contributed by atoms with E-state index in [0.29, 0.717) is 12.8 Å². The topological polar surface area (TPSA) is 86.6 Å². The minimum Gasteiger partial charge on any atom is -0.481 e. The molecule has 0 spiro atoms.